The molecule has 0 aliphatic carbocycles. The molecule has 0 bridgehead atoms. The van der Waals surface area contributed by atoms with Gasteiger partial charge in [-0.2, -0.15) is 18.2 Å². The molecule has 0 saturated heterocycles. The highest BCUT2D eigenvalue weighted by Gasteiger charge is 2.33. The lowest BCUT2D eigenvalue weighted by atomic mass is 10.2. The highest BCUT2D eigenvalue weighted by atomic mass is 79.9. The minimum absolute atomic E-state index is 0.0772. The number of benzene rings is 2. The molecule has 0 spiro atoms. The minimum atomic E-state index is -4.93. The SMILES string of the molecule is O=C=Nc1cc(Br)cc(Cl)c1Oc1c(F)cc(C(F)(F)F)cc1F. The van der Waals surface area contributed by atoms with Gasteiger partial charge in [-0.15, -0.1) is 0 Å². The molecule has 3 nitrogen and oxygen atoms in total. The van der Waals surface area contributed by atoms with Gasteiger partial charge in [-0.1, -0.05) is 27.5 Å². The standard InChI is InChI=1S/C14H4BrClF5NO2/c15-7-3-8(16)12(11(4-7)22-5-23)24-13-9(17)1-6(2-10(13)18)14(19,20)21/h1-4H. The largest absolute Gasteiger partial charge is 0.447 e. The predicted molar refractivity (Wildman–Crippen MR) is 78.4 cm³/mol. The van der Waals surface area contributed by atoms with Gasteiger partial charge in [0.25, 0.3) is 0 Å². The number of rotatable bonds is 3. The number of alkyl halides is 3. The van der Waals surface area contributed by atoms with Crippen molar-refractivity contribution in [2.24, 2.45) is 4.99 Å². The van der Waals surface area contributed by atoms with Gasteiger partial charge in [0, 0.05) is 4.47 Å². The predicted octanol–water partition coefficient (Wildman–Crippen LogP) is 6.16. The third-order valence-electron chi connectivity index (χ3n) is 2.68. The molecule has 0 unspecified atom stereocenters. The first-order valence-corrected chi connectivity index (χ1v) is 7.11. The number of nitrogens with zero attached hydrogens (tertiary/aromatic N) is 1. The van der Waals surface area contributed by atoms with E-state index in [0.29, 0.717) is 4.47 Å². The van der Waals surface area contributed by atoms with Crippen LogP contribution in [0, 0.1) is 11.6 Å². The Balaban J connectivity index is 2.55. The lowest BCUT2D eigenvalue weighted by molar-refractivity contribution is -0.138. The highest BCUT2D eigenvalue weighted by Crippen LogP contribution is 2.43. The summed E-state index contributed by atoms with van der Waals surface area (Å²) in [6.45, 7) is 0. The molecule has 0 saturated carbocycles. The van der Waals surface area contributed by atoms with Gasteiger partial charge < -0.3 is 4.74 Å². The van der Waals surface area contributed by atoms with E-state index >= 15 is 0 Å². The molecule has 0 amide bonds. The topological polar surface area (TPSA) is 38.7 Å². The Morgan fingerprint density at radius 1 is 1.08 bits per heavy atom. The van der Waals surface area contributed by atoms with E-state index in [0.717, 1.165) is 0 Å². The Labute approximate surface area is 144 Å². The van der Waals surface area contributed by atoms with Gasteiger partial charge in [0.15, 0.2) is 23.1 Å². The first-order chi connectivity index (χ1) is 11.1. The summed E-state index contributed by atoms with van der Waals surface area (Å²) in [7, 11) is 0. The molecule has 0 aliphatic heterocycles. The summed E-state index contributed by atoms with van der Waals surface area (Å²) < 4.78 is 70.5. The normalized spacial score (nSPS) is 11.1. The van der Waals surface area contributed by atoms with Crippen molar-refractivity contribution in [3.63, 3.8) is 0 Å². The third-order valence-corrected chi connectivity index (χ3v) is 3.42. The lowest BCUT2D eigenvalue weighted by Gasteiger charge is -2.13. The van der Waals surface area contributed by atoms with Crippen LogP contribution in [0.3, 0.4) is 0 Å². The number of isocyanates is 1. The number of hydrogen-bond donors (Lipinski definition) is 0. The molecule has 2 aromatic carbocycles. The van der Waals surface area contributed by atoms with Crippen molar-refractivity contribution < 1.29 is 31.5 Å². The van der Waals surface area contributed by atoms with Crippen molar-refractivity contribution in [3.05, 3.63) is 51.0 Å². The van der Waals surface area contributed by atoms with E-state index in [1.165, 1.54) is 18.2 Å². The van der Waals surface area contributed by atoms with Crippen molar-refractivity contribution >= 4 is 39.3 Å². The summed E-state index contributed by atoms with van der Waals surface area (Å²) in [6, 6.07) is 2.67. The van der Waals surface area contributed by atoms with Gasteiger partial charge in [-0.05, 0) is 24.3 Å². The molecule has 0 fully saturated rings. The molecule has 0 aliphatic rings. The second kappa shape index (κ2) is 6.88. The van der Waals surface area contributed by atoms with Crippen molar-refractivity contribution in [3.8, 4) is 11.5 Å². The van der Waals surface area contributed by atoms with Crippen molar-refractivity contribution in [1.29, 1.82) is 0 Å². The summed E-state index contributed by atoms with van der Waals surface area (Å²) in [5.74, 6) is -4.72. The van der Waals surface area contributed by atoms with E-state index in [1.54, 1.807) is 0 Å². The van der Waals surface area contributed by atoms with E-state index < -0.39 is 34.9 Å². The van der Waals surface area contributed by atoms with E-state index in [9.17, 15) is 26.7 Å². The van der Waals surface area contributed by atoms with Crippen molar-refractivity contribution in [1.82, 2.24) is 0 Å². The molecular formula is C14H4BrClF5NO2. The van der Waals surface area contributed by atoms with Gasteiger partial charge in [0.05, 0.1) is 10.6 Å². The zero-order valence-electron chi connectivity index (χ0n) is 11.2. The van der Waals surface area contributed by atoms with Gasteiger partial charge in [-0.25, -0.2) is 13.6 Å². The van der Waals surface area contributed by atoms with Crippen LogP contribution in [-0.4, -0.2) is 6.08 Å². The van der Waals surface area contributed by atoms with Crippen LogP contribution in [0.25, 0.3) is 0 Å². The minimum Gasteiger partial charge on any atom is -0.447 e. The van der Waals surface area contributed by atoms with E-state index in [1.807, 2.05) is 0 Å². The first-order valence-electron chi connectivity index (χ1n) is 5.94. The van der Waals surface area contributed by atoms with E-state index in [-0.39, 0.29) is 22.8 Å². The Kier molecular flexibility index (Phi) is 5.27. The quantitative estimate of drug-likeness (QED) is 0.334. The fraction of sp³-hybridized carbons (Fsp3) is 0.0714. The zero-order chi connectivity index (χ0) is 18.1. The number of aliphatic imine (C=N–C) groups is 1. The summed E-state index contributed by atoms with van der Waals surface area (Å²) in [6.07, 6.45) is -3.73. The molecular weight excluding hydrogens is 425 g/mol. The molecule has 0 aromatic heterocycles. The summed E-state index contributed by atoms with van der Waals surface area (Å²) in [5.41, 5.74) is -1.74. The summed E-state index contributed by atoms with van der Waals surface area (Å²) in [4.78, 5) is 13.7. The smallest absolute Gasteiger partial charge is 0.416 e. The molecule has 0 heterocycles. The molecule has 24 heavy (non-hydrogen) atoms. The maximum absolute atomic E-state index is 13.8. The first kappa shape index (κ1) is 18.4. The number of halogens is 7. The maximum atomic E-state index is 13.8. The fourth-order valence-electron chi connectivity index (χ4n) is 1.70. The number of hydrogen-bond acceptors (Lipinski definition) is 3. The Morgan fingerprint density at radius 3 is 2.17 bits per heavy atom. The molecule has 2 aromatic rings. The van der Waals surface area contributed by atoms with Crippen LogP contribution in [0.5, 0.6) is 11.5 Å². The van der Waals surface area contributed by atoms with Crippen LogP contribution >= 0.6 is 27.5 Å². The van der Waals surface area contributed by atoms with Gasteiger partial charge in [0.1, 0.15) is 5.69 Å². The third kappa shape index (κ3) is 3.92. The molecule has 0 atom stereocenters. The van der Waals surface area contributed by atoms with Crippen molar-refractivity contribution in [2.45, 2.75) is 6.18 Å². The molecule has 2 rings (SSSR count). The maximum Gasteiger partial charge on any atom is 0.416 e. The lowest BCUT2D eigenvalue weighted by Crippen LogP contribution is -2.07. The Morgan fingerprint density at radius 2 is 1.67 bits per heavy atom. The number of carbonyl (C=O) groups excluding carboxylic acids is 1. The average Bonchev–Trinajstić information content (AvgIpc) is 2.44. The average molecular weight is 429 g/mol. The molecule has 0 N–H and O–H groups in total. The second-order valence-corrected chi connectivity index (χ2v) is 5.63. The van der Waals surface area contributed by atoms with Crippen LogP contribution in [0.2, 0.25) is 5.02 Å². The molecule has 126 valence electrons. The van der Waals surface area contributed by atoms with Crippen LogP contribution < -0.4 is 4.74 Å². The van der Waals surface area contributed by atoms with Gasteiger partial charge >= 0.3 is 6.18 Å². The summed E-state index contributed by atoms with van der Waals surface area (Å²) >= 11 is 8.92. The zero-order valence-corrected chi connectivity index (χ0v) is 13.6. The van der Waals surface area contributed by atoms with E-state index in [4.69, 9.17) is 16.3 Å². The highest BCUT2D eigenvalue weighted by molar-refractivity contribution is 9.10. The Bertz CT molecular complexity index is 827. The van der Waals surface area contributed by atoms with Crippen LogP contribution in [0.1, 0.15) is 5.56 Å². The van der Waals surface area contributed by atoms with Gasteiger partial charge in [-0.3, -0.25) is 0 Å². The number of ether oxygens (including phenoxy) is 1. The Hall–Kier alpha value is -1.96. The second-order valence-electron chi connectivity index (χ2n) is 4.31. The van der Waals surface area contributed by atoms with Crippen LogP contribution in [-0.2, 0) is 11.0 Å². The van der Waals surface area contributed by atoms with Gasteiger partial charge in [0.2, 0.25) is 6.08 Å². The van der Waals surface area contributed by atoms with Crippen LogP contribution in [0.4, 0.5) is 27.6 Å². The van der Waals surface area contributed by atoms with Crippen LogP contribution in [0.15, 0.2) is 33.7 Å². The summed E-state index contributed by atoms with van der Waals surface area (Å²) in [5, 5.41) is -0.183. The van der Waals surface area contributed by atoms with Crippen molar-refractivity contribution in [2.75, 3.05) is 0 Å². The molecule has 10 heteroatoms. The molecule has 0 radical (unpaired) electrons. The fourth-order valence-corrected chi connectivity index (χ4v) is 2.53. The monoisotopic (exact) mass is 427 g/mol. The van der Waals surface area contributed by atoms with E-state index in [2.05, 4.69) is 20.9 Å².